The molecular weight excluding hydrogens is 322 g/mol. The second-order valence-corrected chi connectivity index (χ2v) is 8.41. The van der Waals surface area contributed by atoms with E-state index in [2.05, 4.69) is 31.3 Å². The van der Waals surface area contributed by atoms with Crippen molar-refractivity contribution in [2.75, 3.05) is 5.32 Å². The molecule has 0 bridgehead atoms. The van der Waals surface area contributed by atoms with Crippen LogP contribution in [0.25, 0.3) is 0 Å². The SMILES string of the molecule is CC1(C)CCC(CC(=O)Nc2cc(O)cc(Cc3ccccc3)c2)CC1. The maximum absolute atomic E-state index is 12.4. The number of rotatable bonds is 5. The molecule has 3 rings (SSSR count). The van der Waals surface area contributed by atoms with Crippen LogP contribution in [-0.2, 0) is 11.2 Å². The molecule has 0 saturated heterocycles. The largest absolute Gasteiger partial charge is 0.508 e. The maximum Gasteiger partial charge on any atom is 0.224 e. The van der Waals surface area contributed by atoms with E-state index in [4.69, 9.17) is 0 Å². The Bertz CT molecular complexity index is 742. The van der Waals surface area contributed by atoms with Gasteiger partial charge in [-0.15, -0.1) is 0 Å². The molecule has 1 aliphatic carbocycles. The number of amides is 1. The molecule has 138 valence electrons. The van der Waals surface area contributed by atoms with Crippen LogP contribution >= 0.6 is 0 Å². The Morgan fingerprint density at radius 3 is 2.46 bits per heavy atom. The van der Waals surface area contributed by atoms with Crippen LogP contribution in [0, 0.1) is 11.3 Å². The van der Waals surface area contributed by atoms with E-state index in [0.29, 0.717) is 23.4 Å². The summed E-state index contributed by atoms with van der Waals surface area (Å²) in [6, 6.07) is 15.5. The Morgan fingerprint density at radius 2 is 1.77 bits per heavy atom. The lowest BCUT2D eigenvalue weighted by atomic mass is 9.72. The molecule has 0 unspecified atom stereocenters. The van der Waals surface area contributed by atoms with Crippen molar-refractivity contribution in [3.63, 3.8) is 0 Å². The first-order valence-corrected chi connectivity index (χ1v) is 9.56. The van der Waals surface area contributed by atoms with E-state index in [-0.39, 0.29) is 11.7 Å². The van der Waals surface area contributed by atoms with E-state index < -0.39 is 0 Å². The Hall–Kier alpha value is -2.29. The van der Waals surface area contributed by atoms with Crippen LogP contribution in [0.1, 0.15) is 57.1 Å². The van der Waals surface area contributed by atoms with Crippen molar-refractivity contribution in [2.45, 2.75) is 52.4 Å². The predicted molar refractivity (Wildman–Crippen MR) is 106 cm³/mol. The van der Waals surface area contributed by atoms with Crippen LogP contribution in [0.15, 0.2) is 48.5 Å². The van der Waals surface area contributed by atoms with Crippen molar-refractivity contribution in [1.82, 2.24) is 0 Å². The molecule has 0 heterocycles. The van der Waals surface area contributed by atoms with Gasteiger partial charge in [0.05, 0.1) is 0 Å². The Kier molecular flexibility index (Phi) is 5.65. The molecule has 0 spiro atoms. The number of carbonyl (C=O) groups is 1. The number of anilines is 1. The minimum atomic E-state index is 0.0472. The second kappa shape index (κ2) is 7.94. The lowest BCUT2D eigenvalue weighted by molar-refractivity contribution is -0.117. The number of hydrogen-bond acceptors (Lipinski definition) is 2. The minimum absolute atomic E-state index is 0.0472. The zero-order chi connectivity index (χ0) is 18.6. The first-order valence-electron chi connectivity index (χ1n) is 9.56. The smallest absolute Gasteiger partial charge is 0.224 e. The van der Waals surface area contributed by atoms with Gasteiger partial charge in [0.2, 0.25) is 5.91 Å². The van der Waals surface area contributed by atoms with E-state index in [1.54, 1.807) is 12.1 Å². The average Bonchev–Trinajstić information content (AvgIpc) is 2.57. The van der Waals surface area contributed by atoms with Gasteiger partial charge in [-0.1, -0.05) is 44.2 Å². The van der Waals surface area contributed by atoms with E-state index in [9.17, 15) is 9.90 Å². The molecule has 1 amide bonds. The van der Waals surface area contributed by atoms with Crippen LogP contribution in [0.3, 0.4) is 0 Å². The highest BCUT2D eigenvalue weighted by molar-refractivity contribution is 5.91. The number of phenolic OH excluding ortho intramolecular Hbond substituents is 1. The normalized spacial score (nSPS) is 17.0. The molecule has 1 fully saturated rings. The van der Waals surface area contributed by atoms with E-state index in [1.165, 1.54) is 18.4 Å². The van der Waals surface area contributed by atoms with Crippen molar-refractivity contribution >= 4 is 11.6 Å². The van der Waals surface area contributed by atoms with Gasteiger partial charge in [0, 0.05) is 18.2 Å². The summed E-state index contributed by atoms with van der Waals surface area (Å²) in [5.41, 5.74) is 3.27. The summed E-state index contributed by atoms with van der Waals surface area (Å²) in [5, 5.41) is 13.0. The van der Waals surface area contributed by atoms with Crippen LogP contribution in [0.5, 0.6) is 5.75 Å². The van der Waals surface area contributed by atoms with Crippen molar-refractivity contribution in [3.8, 4) is 5.75 Å². The number of aromatic hydroxyl groups is 1. The number of phenols is 1. The zero-order valence-electron chi connectivity index (χ0n) is 15.8. The molecule has 2 aromatic carbocycles. The van der Waals surface area contributed by atoms with E-state index >= 15 is 0 Å². The summed E-state index contributed by atoms with van der Waals surface area (Å²) in [7, 11) is 0. The third-order valence-electron chi connectivity index (χ3n) is 5.45. The highest BCUT2D eigenvalue weighted by Gasteiger charge is 2.27. The van der Waals surface area contributed by atoms with Crippen molar-refractivity contribution in [2.24, 2.45) is 11.3 Å². The second-order valence-electron chi connectivity index (χ2n) is 8.41. The van der Waals surface area contributed by atoms with Crippen LogP contribution in [-0.4, -0.2) is 11.0 Å². The molecule has 2 N–H and O–H groups in total. The fourth-order valence-electron chi connectivity index (χ4n) is 3.82. The molecular formula is C23H29NO2. The molecule has 3 heteroatoms. The summed E-state index contributed by atoms with van der Waals surface area (Å²) in [6.07, 6.45) is 5.94. The molecule has 1 saturated carbocycles. The van der Waals surface area contributed by atoms with Gasteiger partial charge in [0.25, 0.3) is 0 Å². The Labute approximate surface area is 156 Å². The molecule has 2 aromatic rings. The first-order chi connectivity index (χ1) is 12.4. The summed E-state index contributed by atoms with van der Waals surface area (Å²) in [6.45, 7) is 4.62. The first kappa shape index (κ1) is 18.5. The van der Waals surface area contributed by atoms with E-state index in [1.807, 2.05) is 24.3 Å². The molecule has 0 radical (unpaired) electrons. The van der Waals surface area contributed by atoms with Crippen molar-refractivity contribution in [1.29, 1.82) is 0 Å². The maximum atomic E-state index is 12.4. The molecule has 0 atom stereocenters. The molecule has 1 aliphatic rings. The number of hydrogen-bond donors (Lipinski definition) is 2. The highest BCUT2D eigenvalue weighted by Crippen LogP contribution is 2.39. The Balaban J connectivity index is 1.59. The lowest BCUT2D eigenvalue weighted by Crippen LogP contribution is -2.24. The summed E-state index contributed by atoms with van der Waals surface area (Å²) >= 11 is 0. The number of benzene rings is 2. The topological polar surface area (TPSA) is 49.3 Å². The van der Waals surface area contributed by atoms with Gasteiger partial charge in [-0.2, -0.15) is 0 Å². The third-order valence-corrected chi connectivity index (χ3v) is 5.45. The Morgan fingerprint density at radius 1 is 1.08 bits per heavy atom. The lowest BCUT2D eigenvalue weighted by Gasteiger charge is -2.34. The number of carbonyl (C=O) groups excluding carboxylic acids is 1. The van der Waals surface area contributed by atoms with Gasteiger partial charge in [0.1, 0.15) is 5.75 Å². The van der Waals surface area contributed by atoms with Gasteiger partial charge in [0.15, 0.2) is 0 Å². The van der Waals surface area contributed by atoms with Crippen LogP contribution in [0.4, 0.5) is 5.69 Å². The summed E-state index contributed by atoms with van der Waals surface area (Å²) in [5.74, 6) is 0.711. The quantitative estimate of drug-likeness (QED) is 0.744. The van der Waals surface area contributed by atoms with Gasteiger partial charge in [-0.05, 0) is 66.7 Å². The van der Waals surface area contributed by atoms with Gasteiger partial charge in [-0.3, -0.25) is 4.79 Å². The van der Waals surface area contributed by atoms with Crippen LogP contribution in [0.2, 0.25) is 0 Å². The van der Waals surface area contributed by atoms with Crippen LogP contribution < -0.4 is 5.32 Å². The molecule has 0 aliphatic heterocycles. The average molecular weight is 351 g/mol. The fraction of sp³-hybridized carbons (Fsp3) is 0.435. The molecule has 3 nitrogen and oxygen atoms in total. The highest BCUT2D eigenvalue weighted by atomic mass is 16.3. The van der Waals surface area contributed by atoms with Gasteiger partial charge in [-0.25, -0.2) is 0 Å². The summed E-state index contributed by atoms with van der Waals surface area (Å²) in [4.78, 5) is 12.4. The molecule has 26 heavy (non-hydrogen) atoms. The predicted octanol–water partition coefficient (Wildman–Crippen LogP) is 5.53. The zero-order valence-corrected chi connectivity index (χ0v) is 15.8. The van der Waals surface area contributed by atoms with Gasteiger partial charge >= 0.3 is 0 Å². The minimum Gasteiger partial charge on any atom is -0.508 e. The van der Waals surface area contributed by atoms with Crippen molar-refractivity contribution < 1.29 is 9.90 Å². The molecule has 0 aromatic heterocycles. The summed E-state index contributed by atoms with van der Waals surface area (Å²) < 4.78 is 0. The van der Waals surface area contributed by atoms with Crippen molar-refractivity contribution in [3.05, 3.63) is 59.7 Å². The monoisotopic (exact) mass is 351 g/mol. The number of nitrogens with one attached hydrogen (secondary N) is 1. The fourth-order valence-corrected chi connectivity index (χ4v) is 3.82. The van der Waals surface area contributed by atoms with E-state index in [0.717, 1.165) is 24.8 Å². The standard InChI is InChI=1S/C23H29NO2/c1-23(2)10-8-18(9-11-23)15-22(26)24-20-13-19(14-21(25)16-20)12-17-6-4-3-5-7-17/h3-7,13-14,16,18,25H,8-12,15H2,1-2H3,(H,24,26). The third kappa shape index (κ3) is 5.35. The van der Waals surface area contributed by atoms with Gasteiger partial charge < -0.3 is 10.4 Å².